The van der Waals surface area contributed by atoms with Crippen molar-refractivity contribution in [1.29, 1.82) is 0 Å². The lowest BCUT2D eigenvalue weighted by molar-refractivity contribution is -0.123. The van der Waals surface area contributed by atoms with Gasteiger partial charge < -0.3 is 10.1 Å². The van der Waals surface area contributed by atoms with Crippen LogP contribution in [0.15, 0.2) is 72.8 Å². The van der Waals surface area contributed by atoms with E-state index in [0.29, 0.717) is 11.3 Å². The summed E-state index contributed by atoms with van der Waals surface area (Å²) in [7, 11) is 0. The highest BCUT2D eigenvalue weighted by molar-refractivity contribution is 6.14. The summed E-state index contributed by atoms with van der Waals surface area (Å²) in [5.41, 5.74) is 3.66. The van der Waals surface area contributed by atoms with Crippen molar-refractivity contribution >= 4 is 23.3 Å². The lowest BCUT2D eigenvalue weighted by Gasteiger charge is -2.15. The standard InChI is InChI=1S/C26H25NO4/c1-4-19-11-15-21(16-12-19)27-25(29)18(3)31-26(30)23-8-6-5-7-22(23)24(28)20-13-9-17(2)10-14-20/h5-16,18H,4H2,1-3H3,(H,27,29)/t18-/m0/s1. The molecule has 0 fully saturated rings. The van der Waals surface area contributed by atoms with E-state index in [2.05, 4.69) is 12.2 Å². The fourth-order valence-corrected chi connectivity index (χ4v) is 3.06. The maximum atomic E-state index is 12.9. The van der Waals surface area contributed by atoms with Crippen LogP contribution in [0.2, 0.25) is 0 Å². The maximum absolute atomic E-state index is 12.9. The number of esters is 1. The first-order valence-corrected chi connectivity index (χ1v) is 10.2. The molecule has 5 nitrogen and oxygen atoms in total. The molecule has 1 N–H and O–H groups in total. The predicted octanol–water partition coefficient (Wildman–Crippen LogP) is 4.97. The van der Waals surface area contributed by atoms with Crippen LogP contribution in [-0.4, -0.2) is 23.8 Å². The first kappa shape index (κ1) is 22.0. The third-order valence-electron chi connectivity index (χ3n) is 4.99. The van der Waals surface area contributed by atoms with Gasteiger partial charge in [0.05, 0.1) is 5.56 Å². The maximum Gasteiger partial charge on any atom is 0.339 e. The Bertz CT molecular complexity index is 1090. The number of carbonyl (C=O) groups is 3. The number of rotatable bonds is 7. The van der Waals surface area contributed by atoms with E-state index < -0.39 is 18.0 Å². The van der Waals surface area contributed by atoms with Crippen LogP contribution in [0.25, 0.3) is 0 Å². The molecule has 3 aromatic rings. The average molecular weight is 415 g/mol. The van der Waals surface area contributed by atoms with Crippen LogP contribution >= 0.6 is 0 Å². The summed E-state index contributed by atoms with van der Waals surface area (Å²) < 4.78 is 5.36. The van der Waals surface area contributed by atoms with E-state index in [1.807, 2.05) is 31.2 Å². The van der Waals surface area contributed by atoms with Crippen molar-refractivity contribution in [2.75, 3.05) is 5.32 Å². The summed E-state index contributed by atoms with van der Waals surface area (Å²) in [4.78, 5) is 38.1. The Morgan fingerprint density at radius 2 is 1.48 bits per heavy atom. The molecule has 0 aromatic heterocycles. The number of nitrogens with one attached hydrogen (secondary N) is 1. The highest BCUT2D eigenvalue weighted by Gasteiger charge is 2.23. The number of aryl methyl sites for hydroxylation is 2. The zero-order valence-corrected chi connectivity index (χ0v) is 17.8. The van der Waals surface area contributed by atoms with Gasteiger partial charge in [0.15, 0.2) is 11.9 Å². The van der Waals surface area contributed by atoms with E-state index in [-0.39, 0.29) is 16.9 Å². The number of ketones is 1. The fraction of sp³-hybridized carbons (Fsp3) is 0.192. The molecule has 158 valence electrons. The van der Waals surface area contributed by atoms with E-state index in [9.17, 15) is 14.4 Å². The summed E-state index contributed by atoms with van der Waals surface area (Å²) in [6, 6.07) is 21.0. The van der Waals surface area contributed by atoms with E-state index in [1.165, 1.54) is 13.0 Å². The number of amides is 1. The average Bonchev–Trinajstić information content (AvgIpc) is 2.79. The lowest BCUT2D eigenvalue weighted by atomic mass is 9.98. The first-order chi connectivity index (χ1) is 14.9. The van der Waals surface area contributed by atoms with Crippen LogP contribution in [0.3, 0.4) is 0 Å². The first-order valence-electron chi connectivity index (χ1n) is 10.2. The predicted molar refractivity (Wildman–Crippen MR) is 120 cm³/mol. The van der Waals surface area contributed by atoms with Crippen LogP contribution < -0.4 is 5.32 Å². The van der Waals surface area contributed by atoms with Gasteiger partial charge in [-0.1, -0.05) is 67.1 Å². The summed E-state index contributed by atoms with van der Waals surface area (Å²) in [6.07, 6.45) is -0.121. The van der Waals surface area contributed by atoms with Gasteiger partial charge in [-0.2, -0.15) is 0 Å². The highest BCUT2D eigenvalue weighted by atomic mass is 16.5. The molecule has 0 aliphatic rings. The third kappa shape index (κ3) is 5.45. The minimum absolute atomic E-state index is 0.125. The molecule has 5 heteroatoms. The van der Waals surface area contributed by atoms with E-state index in [4.69, 9.17) is 4.74 Å². The Balaban J connectivity index is 1.71. The number of carbonyl (C=O) groups excluding carboxylic acids is 3. The number of benzene rings is 3. The molecule has 31 heavy (non-hydrogen) atoms. The zero-order chi connectivity index (χ0) is 22.4. The fourth-order valence-electron chi connectivity index (χ4n) is 3.06. The van der Waals surface area contributed by atoms with Gasteiger partial charge in [-0.15, -0.1) is 0 Å². The van der Waals surface area contributed by atoms with Crippen molar-refractivity contribution in [3.63, 3.8) is 0 Å². The molecule has 0 saturated heterocycles. The largest absolute Gasteiger partial charge is 0.449 e. The molecule has 3 rings (SSSR count). The van der Waals surface area contributed by atoms with E-state index >= 15 is 0 Å². The summed E-state index contributed by atoms with van der Waals surface area (Å²) in [5, 5.41) is 2.74. The third-order valence-corrected chi connectivity index (χ3v) is 4.99. The van der Waals surface area contributed by atoms with Gasteiger partial charge in [0.25, 0.3) is 5.91 Å². The van der Waals surface area contributed by atoms with Crippen LogP contribution in [0.5, 0.6) is 0 Å². The minimum atomic E-state index is -1.03. The molecular weight excluding hydrogens is 390 g/mol. The van der Waals surface area contributed by atoms with Gasteiger partial charge in [0.2, 0.25) is 0 Å². The monoisotopic (exact) mass is 415 g/mol. The molecule has 0 radical (unpaired) electrons. The topological polar surface area (TPSA) is 72.5 Å². The van der Waals surface area contributed by atoms with Gasteiger partial charge in [-0.3, -0.25) is 9.59 Å². The molecule has 0 aliphatic carbocycles. The Morgan fingerprint density at radius 1 is 0.871 bits per heavy atom. The second-order valence-electron chi connectivity index (χ2n) is 7.33. The van der Waals surface area contributed by atoms with Crippen molar-refractivity contribution in [1.82, 2.24) is 0 Å². The van der Waals surface area contributed by atoms with Crippen LogP contribution in [-0.2, 0) is 16.0 Å². The number of anilines is 1. The van der Waals surface area contributed by atoms with Crippen molar-refractivity contribution in [3.8, 4) is 0 Å². The van der Waals surface area contributed by atoms with Gasteiger partial charge in [0.1, 0.15) is 0 Å². The molecule has 0 saturated carbocycles. The highest BCUT2D eigenvalue weighted by Crippen LogP contribution is 2.18. The van der Waals surface area contributed by atoms with Gasteiger partial charge >= 0.3 is 5.97 Å². The molecular formula is C26H25NO4. The van der Waals surface area contributed by atoms with Gasteiger partial charge in [0, 0.05) is 16.8 Å². The van der Waals surface area contributed by atoms with Crippen molar-refractivity contribution in [2.45, 2.75) is 33.3 Å². The number of hydrogen-bond acceptors (Lipinski definition) is 4. The summed E-state index contributed by atoms with van der Waals surface area (Å²) in [6.45, 7) is 5.48. The Hall–Kier alpha value is -3.73. The van der Waals surface area contributed by atoms with Crippen molar-refractivity contribution in [2.24, 2.45) is 0 Å². The molecule has 0 aliphatic heterocycles. The quantitative estimate of drug-likeness (QED) is 0.437. The molecule has 0 unspecified atom stereocenters. The SMILES string of the molecule is CCc1ccc(NC(=O)[C@H](C)OC(=O)c2ccccc2C(=O)c2ccc(C)cc2)cc1. The summed E-state index contributed by atoms with van der Waals surface area (Å²) in [5.74, 6) is -1.44. The minimum Gasteiger partial charge on any atom is -0.449 e. The number of ether oxygens (including phenoxy) is 1. The second kappa shape index (κ2) is 9.85. The second-order valence-corrected chi connectivity index (χ2v) is 7.33. The Morgan fingerprint density at radius 3 is 2.10 bits per heavy atom. The lowest BCUT2D eigenvalue weighted by Crippen LogP contribution is -2.30. The Labute approximate surface area is 182 Å². The summed E-state index contributed by atoms with van der Waals surface area (Å²) >= 11 is 0. The molecule has 0 bridgehead atoms. The molecule has 3 aromatic carbocycles. The van der Waals surface area contributed by atoms with E-state index in [0.717, 1.165) is 17.5 Å². The molecule has 0 heterocycles. The van der Waals surface area contributed by atoms with Gasteiger partial charge in [-0.05, 0) is 44.0 Å². The normalized spacial score (nSPS) is 11.5. The zero-order valence-electron chi connectivity index (χ0n) is 17.8. The van der Waals surface area contributed by atoms with E-state index in [1.54, 1.807) is 42.5 Å². The van der Waals surface area contributed by atoms with Crippen LogP contribution in [0, 0.1) is 6.92 Å². The molecule has 1 amide bonds. The number of hydrogen-bond donors (Lipinski definition) is 1. The molecule has 0 spiro atoms. The van der Waals surface area contributed by atoms with Crippen molar-refractivity contribution in [3.05, 3.63) is 101 Å². The molecule has 1 atom stereocenters. The van der Waals surface area contributed by atoms with Crippen molar-refractivity contribution < 1.29 is 19.1 Å². The van der Waals surface area contributed by atoms with Gasteiger partial charge in [-0.25, -0.2) is 4.79 Å². The smallest absolute Gasteiger partial charge is 0.339 e. The van der Waals surface area contributed by atoms with Crippen LogP contribution in [0.1, 0.15) is 51.3 Å². The Kier molecular flexibility index (Phi) is 6.98. The van der Waals surface area contributed by atoms with Crippen LogP contribution in [0.4, 0.5) is 5.69 Å².